The molecule has 0 radical (unpaired) electrons. The van der Waals surface area contributed by atoms with E-state index in [-0.39, 0.29) is 24.7 Å². The number of carbonyl (C=O) groups is 1. The number of sulfonamides is 1. The number of ether oxygens (including phenoxy) is 1. The number of hydrogen-bond donors (Lipinski definition) is 1. The largest absolute Gasteiger partial charge is 0.465 e. The zero-order valence-corrected chi connectivity index (χ0v) is 21.2. The van der Waals surface area contributed by atoms with Crippen molar-refractivity contribution in [1.29, 1.82) is 0 Å². The van der Waals surface area contributed by atoms with Crippen molar-refractivity contribution in [3.63, 3.8) is 0 Å². The molecule has 0 atom stereocenters. The van der Waals surface area contributed by atoms with Crippen molar-refractivity contribution >= 4 is 33.1 Å². The Bertz CT molecular complexity index is 1380. The van der Waals surface area contributed by atoms with Crippen LogP contribution in [0.25, 0.3) is 10.6 Å². The highest BCUT2D eigenvalue weighted by molar-refractivity contribution is 7.89. The molecule has 0 aliphatic carbocycles. The fourth-order valence-corrected chi connectivity index (χ4v) is 5.38. The maximum absolute atomic E-state index is 13.5. The van der Waals surface area contributed by atoms with Crippen LogP contribution in [0.2, 0.25) is 0 Å². The molecule has 0 spiro atoms. The average Bonchev–Trinajstić information content (AvgIpc) is 3.44. The molecular weight excluding hydrogens is 498 g/mol. The van der Waals surface area contributed by atoms with Gasteiger partial charge in [-0.25, -0.2) is 23.4 Å². The van der Waals surface area contributed by atoms with Gasteiger partial charge in [-0.05, 0) is 36.8 Å². The van der Waals surface area contributed by atoms with Crippen molar-refractivity contribution in [2.75, 3.05) is 18.5 Å². The molecule has 3 aromatic heterocycles. The molecule has 4 aromatic rings. The SMILES string of the molecule is CCOC(=O)CNc1cccc(CN(Cc2ccc(-c3nccs3)cc2)S(=O)(=O)c2ccccn2)n1. The minimum absolute atomic E-state index is 0.0159. The van der Waals surface area contributed by atoms with Crippen LogP contribution in [0.4, 0.5) is 5.82 Å². The van der Waals surface area contributed by atoms with Crippen LogP contribution in [0.5, 0.6) is 0 Å². The molecule has 1 N–H and O–H groups in total. The number of rotatable bonds is 11. The number of hydrogen-bond acceptors (Lipinski definition) is 9. The summed E-state index contributed by atoms with van der Waals surface area (Å²) in [6.45, 7) is 2.13. The second-order valence-electron chi connectivity index (χ2n) is 7.65. The Kier molecular flexibility index (Phi) is 8.36. The Balaban J connectivity index is 1.57. The van der Waals surface area contributed by atoms with Gasteiger partial charge in [-0.15, -0.1) is 11.3 Å². The molecule has 0 amide bonds. The van der Waals surface area contributed by atoms with Crippen molar-refractivity contribution < 1.29 is 17.9 Å². The lowest BCUT2D eigenvalue weighted by Crippen LogP contribution is -2.31. The normalized spacial score (nSPS) is 11.4. The van der Waals surface area contributed by atoms with Crippen LogP contribution in [-0.4, -0.2) is 46.8 Å². The second kappa shape index (κ2) is 11.8. The molecule has 0 aliphatic heterocycles. The van der Waals surface area contributed by atoms with Gasteiger partial charge in [0, 0.05) is 29.9 Å². The lowest BCUT2D eigenvalue weighted by atomic mass is 10.1. The maximum Gasteiger partial charge on any atom is 0.325 e. The maximum atomic E-state index is 13.5. The first-order valence-electron chi connectivity index (χ1n) is 11.2. The average molecular weight is 524 g/mol. The molecule has 0 fully saturated rings. The highest BCUT2D eigenvalue weighted by Gasteiger charge is 2.26. The zero-order chi connectivity index (χ0) is 25.4. The van der Waals surface area contributed by atoms with Gasteiger partial charge in [0.2, 0.25) is 0 Å². The van der Waals surface area contributed by atoms with Crippen LogP contribution in [0, 0.1) is 0 Å². The molecule has 4 rings (SSSR count). The third-order valence-electron chi connectivity index (χ3n) is 5.10. The summed E-state index contributed by atoms with van der Waals surface area (Å²) in [6.07, 6.45) is 3.20. The molecule has 9 nitrogen and oxygen atoms in total. The third kappa shape index (κ3) is 6.51. The Morgan fingerprint density at radius 1 is 1.00 bits per heavy atom. The smallest absolute Gasteiger partial charge is 0.325 e. The van der Waals surface area contributed by atoms with Gasteiger partial charge in [-0.3, -0.25) is 4.79 Å². The van der Waals surface area contributed by atoms with E-state index in [1.54, 1.807) is 43.5 Å². The van der Waals surface area contributed by atoms with Crippen LogP contribution in [0.3, 0.4) is 0 Å². The van der Waals surface area contributed by atoms with Gasteiger partial charge >= 0.3 is 5.97 Å². The van der Waals surface area contributed by atoms with Gasteiger partial charge in [-0.1, -0.05) is 36.4 Å². The van der Waals surface area contributed by atoms with E-state index in [1.165, 1.54) is 27.9 Å². The summed E-state index contributed by atoms with van der Waals surface area (Å²) >= 11 is 1.54. The number of aromatic nitrogens is 3. The summed E-state index contributed by atoms with van der Waals surface area (Å²) in [7, 11) is -3.92. The van der Waals surface area contributed by atoms with Crippen molar-refractivity contribution in [2.45, 2.75) is 25.0 Å². The highest BCUT2D eigenvalue weighted by Crippen LogP contribution is 2.24. The van der Waals surface area contributed by atoms with Gasteiger partial charge in [0.15, 0.2) is 5.03 Å². The number of nitrogens with one attached hydrogen (secondary N) is 1. The Hall–Kier alpha value is -3.67. The van der Waals surface area contributed by atoms with E-state index in [0.29, 0.717) is 18.1 Å². The third-order valence-corrected chi connectivity index (χ3v) is 7.63. The monoisotopic (exact) mass is 523 g/mol. The van der Waals surface area contributed by atoms with Crippen LogP contribution >= 0.6 is 11.3 Å². The predicted octanol–water partition coefficient (Wildman–Crippen LogP) is 3.97. The van der Waals surface area contributed by atoms with E-state index in [4.69, 9.17) is 4.74 Å². The molecule has 0 saturated carbocycles. The van der Waals surface area contributed by atoms with E-state index >= 15 is 0 Å². The van der Waals surface area contributed by atoms with E-state index in [0.717, 1.165) is 16.1 Å². The van der Waals surface area contributed by atoms with Crippen molar-refractivity contribution in [2.24, 2.45) is 0 Å². The first-order chi connectivity index (χ1) is 17.5. The van der Waals surface area contributed by atoms with Crippen molar-refractivity contribution in [1.82, 2.24) is 19.3 Å². The van der Waals surface area contributed by atoms with E-state index in [9.17, 15) is 13.2 Å². The Morgan fingerprint density at radius 3 is 2.53 bits per heavy atom. The quantitative estimate of drug-likeness (QED) is 0.294. The lowest BCUT2D eigenvalue weighted by Gasteiger charge is -2.22. The van der Waals surface area contributed by atoms with Crippen LogP contribution in [0.15, 0.2) is 83.5 Å². The van der Waals surface area contributed by atoms with Crippen LogP contribution in [0.1, 0.15) is 18.2 Å². The van der Waals surface area contributed by atoms with Gasteiger partial charge in [0.1, 0.15) is 17.4 Å². The number of anilines is 1. The van der Waals surface area contributed by atoms with Crippen LogP contribution in [-0.2, 0) is 32.6 Å². The molecule has 36 heavy (non-hydrogen) atoms. The van der Waals surface area contributed by atoms with Crippen molar-refractivity contribution in [3.05, 3.63) is 89.7 Å². The summed E-state index contributed by atoms with van der Waals surface area (Å²) in [5, 5.41) is 5.68. The predicted molar refractivity (Wildman–Crippen MR) is 138 cm³/mol. The fraction of sp³-hybridized carbons (Fsp3) is 0.200. The van der Waals surface area contributed by atoms with E-state index in [1.807, 2.05) is 29.6 Å². The van der Waals surface area contributed by atoms with E-state index in [2.05, 4.69) is 20.3 Å². The minimum Gasteiger partial charge on any atom is -0.465 e. The Labute approximate surface area is 213 Å². The fourth-order valence-electron chi connectivity index (χ4n) is 3.40. The first-order valence-corrected chi connectivity index (χ1v) is 13.5. The van der Waals surface area contributed by atoms with Gasteiger partial charge in [0.25, 0.3) is 10.0 Å². The highest BCUT2D eigenvalue weighted by atomic mass is 32.2. The standard InChI is InChI=1S/C25H25N5O4S2/c1-2-34-24(31)16-28-22-7-5-6-21(29-22)18-30(36(32,33)23-8-3-4-13-26-23)17-19-9-11-20(12-10-19)25-27-14-15-35-25/h3-15H,2,16-18H2,1H3,(H,28,29). The van der Waals surface area contributed by atoms with Crippen molar-refractivity contribution in [3.8, 4) is 10.6 Å². The number of esters is 1. The minimum atomic E-state index is -3.92. The zero-order valence-electron chi connectivity index (χ0n) is 19.6. The molecule has 0 unspecified atom stereocenters. The summed E-state index contributed by atoms with van der Waals surface area (Å²) in [5.74, 6) is 0.0498. The molecule has 0 bridgehead atoms. The number of pyridine rings is 2. The van der Waals surface area contributed by atoms with Crippen LogP contribution < -0.4 is 5.32 Å². The molecule has 0 aliphatic rings. The van der Waals surface area contributed by atoms with Gasteiger partial charge in [0.05, 0.1) is 18.8 Å². The molecule has 1 aromatic carbocycles. The second-order valence-corrected chi connectivity index (χ2v) is 10.4. The molecular formula is C25H25N5O4S2. The van der Waals surface area contributed by atoms with Gasteiger partial charge < -0.3 is 10.1 Å². The van der Waals surface area contributed by atoms with E-state index < -0.39 is 16.0 Å². The molecule has 0 saturated heterocycles. The Morgan fingerprint density at radius 2 is 1.83 bits per heavy atom. The molecule has 186 valence electrons. The first kappa shape index (κ1) is 25.4. The number of benzene rings is 1. The summed E-state index contributed by atoms with van der Waals surface area (Å²) in [4.78, 5) is 24.5. The van der Waals surface area contributed by atoms with Gasteiger partial charge in [-0.2, -0.15) is 4.31 Å². The molecule has 3 heterocycles. The summed E-state index contributed by atoms with van der Waals surface area (Å²) < 4.78 is 33.3. The summed E-state index contributed by atoms with van der Waals surface area (Å²) in [5.41, 5.74) is 2.30. The number of nitrogens with zero attached hydrogens (tertiary/aromatic N) is 4. The lowest BCUT2D eigenvalue weighted by molar-refractivity contribution is -0.140. The topological polar surface area (TPSA) is 114 Å². The number of carbonyl (C=O) groups excluding carboxylic acids is 1. The summed E-state index contributed by atoms with van der Waals surface area (Å²) in [6, 6.07) is 17.6. The molecule has 11 heteroatoms. The number of thiazole rings is 1.